The molecule has 7 heteroatoms. The molecule has 0 aliphatic carbocycles. The lowest BCUT2D eigenvalue weighted by Gasteiger charge is -2.28. The monoisotopic (exact) mass is 346 g/mol. The zero-order valence-electron chi connectivity index (χ0n) is 13.1. The number of carbonyl (C=O) groups is 2. The van der Waals surface area contributed by atoms with Crippen molar-refractivity contribution < 1.29 is 19.4 Å². The average molecular weight is 347 g/mol. The molecular weight excluding hydrogens is 332 g/mol. The van der Waals surface area contributed by atoms with Crippen LogP contribution in [-0.4, -0.2) is 23.7 Å². The van der Waals surface area contributed by atoms with Crippen molar-refractivity contribution in [1.82, 2.24) is 5.32 Å². The molecule has 0 bridgehead atoms. The van der Waals surface area contributed by atoms with Gasteiger partial charge in [-0.25, -0.2) is 9.59 Å². The second-order valence-electron chi connectivity index (χ2n) is 5.04. The molecule has 1 aliphatic rings. The Morgan fingerprint density at radius 3 is 2.62 bits per heavy atom. The van der Waals surface area contributed by atoms with E-state index >= 15 is 0 Å². The number of hydrogen-bond donors (Lipinski definition) is 2. The number of ether oxygens (including phenoxy) is 1. The Bertz CT molecular complexity index is 805. The lowest BCUT2D eigenvalue weighted by Crippen LogP contribution is -2.33. The fourth-order valence-corrected chi connectivity index (χ4v) is 2.84. The number of carbonyl (C=O) groups excluding carboxylic acids is 1. The summed E-state index contributed by atoms with van der Waals surface area (Å²) in [6.45, 7) is 3.27. The summed E-state index contributed by atoms with van der Waals surface area (Å²) >= 11 is 6.23. The van der Waals surface area contributed by atoms with Crippen LogP contribution in [-0.2, 0) is 14.3 Å². The van der Waals surface area contributed by atoms with Gasteiger partial charge in [0.05, 0.1) is 29.7 Å². The molecule has 1 heterocycles. The summed E-state index contributed by atoms with van der Waals surface area (Å²) in [4.78, 5) is 24.0. The molecule has 24 heavy (non-hydrogen) atoms. The van der Waals surface area contributed by atoms with Crippen LogP contribution in [0, 0.1) is 11.3 Å². The van der Waals surface area contributed by atoms with E-state index in [-0.39, 0.29) is 23.5 Å². The van der Waals surface area contributed by atoms with Crippen molar-refractivity contribution in [2.45, 2.75) is 19.8 Å². The van der Waals surface area contributed by atoms with Crippen molar-refractivity contribution in [1.29, 1.82) is 5.26 Å². The lowest BCUT2D eigenvalue weighted by molar-refractivity contribution is -0.140. The molecule has 1 atom stereocenters. The van der Waals surface area contributed by atoms with Crippen LogP contribution < -0.4 is 5.32 Å². The number of carboxylic acids is 1. The van der Waals surface area contributed by atoms with Crippen LogP contribution in [0.1, 0.15) is 25.3 Å². The normalized spacial score (nSPS) is 17.2. The first-order valence-corrected chi connectivity index (χ1v) is 7.57. The van der Waals surface area contributed by atoms with Gasteiger partial charge in [-0.05, 0) is 25.5 Å². The molecular formula is C17H15ClN2O4. The zero-order valence-corrected chi connectivity index (χ0v) is 13.8. The van der Waals surface area contributed by atoms with E-state index in [1.54, 1.807) is 38.1 Å². The van der Waals surface area contributed by atoms with Crippen LogP contribution in [0.4, 0.5) is 0 Å². The van der Waals surface area contributed by atoms with E-state index < -0.39 is 17.9 Å². The average Bonchev–Trinajstić information content (AvgIpc) is 2.54. The van der Waals surface area contributed by atoms with Crippen molar-refractivity contribution in [3.8, 4) is 6.07 Å². The summed E-state index contributed by atoms with van der Waals surface area (Å²) in [5, 5.41) is 21.9. The molecule has 0 unspecified atom stereocenters. The maximum absolute atomic E-state index is 12.4. The summed E-state index contributed by atoms with van der Waals surface area (Å²) in [5.74, 6) is -3.02. The fraction of sp³-hybridized carbons (Fsp3) is 0.235. The second-order valence-corrected chi connectivity index (χ2v) is 5.45. The van der Waals surface area contributed by atoms with Gasteiger partial charge < -0.3 is 15.2 Å². The molecule has 2 N–H and O–H groups in total. The topological polar surface area (TPSA) is 99.4 Å². The largest absolute Gasteiger partial charge is 0.477 e. The summed E-state index contributed by atoms with van der Waals surface area (Å²) in [6.07, 6.45) is 0. The van der Waals surface area contributed by atoms with Crippen LogP contribution in [0.2, 0.25) is 5.02 Å². The molecule has 2 rings (SSSR count). The van der Waals surface area contributed by atoms with Crippen LogP contribution in [0.25, 0.3) is 0 Å². The van der Waals surface area contributed by atoms with Gasteiger partial charge in [0.1, 0.15) is 5.70 Å². The summed E-state index contributed by atoms with van der Waals surface area (Å²) in [6, 6.07) is 8.73. The number of halogens is 1. The molecule has 0 radical (unpaired) electrons. The predicted molar refractivity (Wildman–Crippen MR) is 86.9 cm³/mol. The van der Waals surface area contributed by atoms with E-state index in [0.29, 0.717) is 16.3 Å². The number of nitrogens with zero attached hydrogens (tertiary/aromatic N) is 1. The van der Waals surface area contributed by atoms with E-state index in [0.717, 1.165) is 0 Å². The van der Waals surface area contributed by atoms with E-state index in [4.69, 9.17) is 16.3 Å². The van der Waals surface area contributed by atoms with Crippen molar-refractivity contribution in [2.75, 3.05) is 6.61 Å². The zero-order chi connectivity index (χ0) is 17.9. The third-order valence-corrected chi connectivity index (χ3v) is 3.95. The highest BCUT2D eigenvalue weighted by Crippen LogP contribution is 2.40. The van der Waals surface area contributed by atoms with Crippen molar-refractivity contribution in [3.63, 3.8) is 0 Å². The minimum Gasteiger partial charge on any atom is -0.477 e. The highest BCUT2D eigenvalue weighted by molar-refractivity contribution is 6.31. The minimum atomic E-state index is -1.31. The van der Waals surface area contributed by atoms with Crippen molar-refractivity contribution in [2.24, 2.45) is 0 Å². The maximum Gasteiger partial charge on any atom is 0.352 e. The molecule has 1 aliphatic heterocycles. The van der Waals surface area contributed by atoms with Gasteiger partial charge in [-0.15, -0.1) is 0 Å². The summed E-state index contributed by atoms with van der Waals surface area (Å²) < 4.78 is 5.01. The van der Waals surface area contributed by atoms with E-state index in [2.05, 4.69) is 5.32 Å². The Morgan fingerprint density at radius 2 is 2.08 bits per heavy atom. The number of aliphatic carboxylic acids is 1. The lowest BCUT2D eigenvalue weighted by atomic mass is 9.80. The number of hydrogen-bond acceptors (Lipinski definition) is 5. The molecule has 0 aromatic heterocycles. The molecule has 1 aromatic carbocycles. The molecule has 0 saturated carbocycles. The van der Waals surface area contributed by atoms with Crippen LogP contribution in [0.15, 0.2) is 46.8 Å². The third-order valence-electron chi connectivity index (χ3n) is 3.61. The van der Waals surface area contributed by atoms with Gasteiger partial charge in [-0.2, -0.15) is 5.26 Å². The molecule has 0 saturated heterocycles. The summed E-state index contributed by atoms with van der Waals surface area (Å²) in [7, 11) is 0. The Morgan fingerprint density at radius 1 is 1.42 bits per heavy atom. The van der Waals surface area contributed by atoms with Gasteiger partial charge in [0.25, 0.3) is 0 Å². The highest BCUT2D eigenvalue weighted by atomic mass is 35.5. The molecule has 124 valence electrons. The number of nitriles is 1. The quantitative estimate of drug-likeness (QED) is 0.813. The SMILES string of the molecule is CCOC(=O)C1=C(C(=O)O)NC(C)=C(C#N)[C@H]1c1ccccc1Cl. The number of esters is 1. The molecule has 0 amide bonds. The van der Waals surface area contributed by atoms with Gasteiger partial charge in [-0.3, -0.25) is 0 Å². The van der Waals surface area contributed by atoms with Gasteiger partial charge in [-0.1, -0.05) is 29.8 Å². The number of allylic oxidation sites excluding steroid dienone is 2. The number of rotatable bonds is 4. The summed E-state index contributed by atoms with van der Waals surface area (Å²) in [5.41, 5.74) is 0.594. The number of carboxylic acid groups (broad SMARTS) is 1. The number of dihydropyridines is 1. The highest BCUT2D eigenvalue weighted by Gasteiger charge is 2.38. The van der Waals surface area contributed by atoms with Gasteiger partial charge in [0.2, 0.25) is 0 Å². The fourth-order valence-electron chi connectivity index (χ4n) is 2.59. The van der Waals surface area contributed by atoms with Crippen LogP contribution in [0.3, 0.4) is 0 Å². The van der Waals surface area contributed by atoms with Crippen LogP contribution >= 0.6 is 11.6 Å². The molecule has 1 aromatic rings. The van der Waals surface area contributed by atoms with Crippen molar-refractivity contribution >= 4 is 23.5 Å². The third kappa shape index (κ3) is 3.12. The first-order chi connectivity index (χ1) is 11.4. The standard InChI is InChI=1S/C17H15ClN2O4/c1-3-24-17(23)14-13(10-6-4-5-7-12(10)18)11(8-19)9(2)20-15(14)16(21)22/h4-7,13,20H,3H2,1-2H3,(H,21,22)/t13-/m1/s1. The Balaban J connectivity index is 2.77. The second kappa shape index (κ2) is 7.20. The van der Waals surface area contributed by atoms with E-state index in [9.17, 15) is 20.0 Å². The smallest absolute Gasteiger partial charge is 0.352 e. The first kappa shape index (κ1) is 17.6. The van der Waals surface area contributed by atoms with Gasteiger partial charge in [0, 0.05) is 10.7 Å². The van der Waals surface area contributed by atoms with Gasteiger partial charge in [0.15, 0.2) is 0 Å². The van der Waals surface area contributed by atoms with E-state index in [1.807, 2.05) is 6.07 Å². The van der Waals surface area contributed by atoms with E-state index in [1.165, 1.54) is 0 Å². The first-order valence-electron chi connectivity index (χ1n) is 7.19. The maximum atomic E-state index is 12.4. The Kier molecular flexibility index (Phi) is 5.27. The Labute approximate surface area is 144 Å². The Hall–Kier alpha value is -2.78. The van der Waals surface area contributed by atoms with Crippen molar-refractivity contribution in [3.05, 3.63) is 57.4 Å². The molecule has 6 nitrogen and oxygen atoms in total. The van der Waals surface area contributed by atoms with Gasteiger partial charge >= 0.3 is 11.9 Å². The molecule has 0 fully saturated rings. The number of benzene rings is 1. The minimum absolute atomic E-state index is 0.0784. The van der Waals surface area contributed by atoms with Crippen LogP contribution in [0.5, 0.6) is 0 Å². The predicted octanol–water partition coefficient (Wildman–Crippen LogP) is 2.73. The number of nitrogens with one attached hydrogen (secondary N) is 1. The molecule has 0 spiro atoms.